The third kappa shape index (κ3) is 2.54. The van der Waals surface area contributed by atoms with Crippen molar-refractivity contribution in [3.8, 4) is 0 Å². The summed E-state index contributed by atoms with van der Waals surface area (Å²) in [5.74, 6) is -1.05. The monoisotopic (exact) mass is 435 g/mol. The maximum Gasteiger partial charge on any atom is 0.253 e. The summed E-state index contributed by atoms with van der Waals surface area (Å²) in [5, 5.41) is 5.40. The van der Waals surface area contributed by atoms with Gasteiger partial charge in [0.15, 0.2) is 0 Å². The first-order valence-corrected chi connectivity index (χ1v) is 10.2. The van der Waals surface area contributed by atoms with Crippen molar-refractivity contribution in [2.45, 2.75) is 18.5 Å². The molecule has 3 fully saturated rings. The van der Waals surface area contributed by atoms with Gasteiger partial charge in [-0.25, -0.2) is 14.9 Å². The molecule has 5 nitrogen and oxygen atoms in total. The molecule has 0 aromatic heterocycles. The minimum absolute atomic E-state index is 0.215. The van der Waals surface area contributed by atoms with Gasteiger partial charge in [-0.1, -0.05) is 53.0 Å². The zero-order valence-corrected chi connectivity index (χ0v) is 17.0. The molecule has 28 heavy (non-hydrogen) atoms. The highest BCUT2D eigenvalue weighted by Crippen LogP contribution is 2.50. The molecule has 3 aliphatic heterocycles. The van der Waals surface area contributed by atoms with Crippen LogP contribution in [0.2, 0.25) is 15.1 Å². The summed E-state index contributed by atoms with van der Waals surface area (Å²) in [6, 6.07) is 11.7. The van der Waals surface area contributed by atoms with Crippen LogP contribution < -0.4 is 4.90 Å². The molecular weight excluding hydrogens is 421 g/mol. The van der Waals surface area contributed by atoms with Gasteiger partial charge in [0.25, 0.3) is 5.91 Å². The Morgan fingerprint density at radius 3 is 2.04 bits per heavy atom. The Hall–Kier alpha value is -1.63. The van der Waals surface area contributed by atoms with Crippen molar-refractivity contribution >= 4 is 52.3 Å². The lowest BCUT2D eigenvalue weighted by atomic mass is 9.90. The third-order valence-corrected chi connectivity index (χ3v) is 6.64. The van der Waals surface area contributed by atoms with Crippen molar-refractivity contribution in [3.05, 3.63) is 63.1 Å². The first-order chi connectivity index (χ1) is 13.5. The van der Waals surface area contributed by atoms with Crippen LogP contribution in [0.1, 0.15) is 18.0 Å². The highest BCUT2D eigenvalue weighted by Gasteiger charge is 2.63. The molecular formula is C20H16Cl3N3O2. The second kappa shape index (κ2) is 6.71. The molecule has 3 atom stereocenters. The Labute approximate surface area is 177 Å². The Balaban J connectivity index is 1.62. The maximum atomic E-state index is 13.5. The lowest BCUT2D eigenvalue weighted by Crippen LogP contribution is -2.44. The van der Waals surface area contributed by atoms with E-state index in [0.717, 1.165) is 25.1 Å². The largest absolute Gasteiger partial charge is 0.274 e. The van der Waals surface area contributed by atoms with Crippen LogP contribution in [0.5, 0.6) is 0 Å². The van der Waals surface area contributed by atoms with Gasteiger partial charge >= 0.3 is 0 Å². The summed E-state index contributed by atoms with van der Waals surface area (Å²) < 4.78 is 0. The Bertz CT molecular complexity index is 961. The number of para-hydroxylation sites is 1. The zero-order valence-electron chi connectivity index (χ0n) is 14.7. The normalized spacial score (nSPS) is 27.5. The average Bonchev–Trinajstić information content (AvgIpc) is 3.30. The highest BCUT2D eigenvalue weighted by molar-refractivity contribution is 6.42. The summed E-state index contributed by atoms with van der Waals surface area (Å²) in [4.78, 5) is 28.0. The van der Waals surface area contributed by atoms with E-state index in [2.05, 4.69) is 5.01 Å². The van der Waals surface area contributed by atoms with Crippen molar-refractivity contribution < 1.29 is 9.59 Å². The number of anilines is 1. The fourth-order valence-corrected chi connectivity index (χ4v) is 5.39. The zero-order chi connectivity index (χ0) is 19.6. The number of fused-ring (bicyclic) bond motifs is 3. The Kier molecular flexibility index (Phi) is 4.41. The number of imide groups is 1. The van der Waals surface area contributed by atoms with Crippen LogP contribution in [0.4, 0.5) is 5.69 Å². The van der Waals surface area contributed by atoms with E-state index in [1.165, 1.54) is 4.90 Å². The topological polar surface area (TPSA) is 43.9 Å². The smallest absolute Gasteiger partial charge is 0.253 e. The highest BCUT2D eigenvalue weighted by atomic mass is 35.5. The molecule has 0 N–H and O–H groups in total. The molecule has 0 aliphatic carbocycles. The predicted molar refractivity (Wildman–Crippen MR) is 108 cm³/mol. The van der Waals surface area contributed by atoms with E-state index in [1.807, 2.05) is 29.3 Å². The molecule has 3 heterocycles. The van der Waals surface area contributed by atoms with Crippen LogP contribution >= 0.6 is 34.8 Å². The van der Waals surface area contributed by atoms with E-state index in [4.69, 9.17) is 34.8 Å². The van der Waals surface area contributed by atoms with E-state index in [9.17, 15) is 9.59 Å². The summed E-state index contributed by atoms with van der Waals surface area (Å²) in [6.07, 6.45) is 0.946. The molecule has 5 rings (SSSR count). The maximum absolute atomic E-state index is 13.5. The van der Waals surface area contributed by atoms with Gasteiger partial charge in [0.2, 0.25) is 5.91 Å². The number of hydrogen-bond donors (Lipinski definition) is 0. The van der Waals surface area contributed by atoms with Crippen molar-refractivity contribution in [2.24, 2.45) is 5.92 Å². The molecule has 0 radical (unpaired) electrons. The number of nitrogens with zero attached hydrogens (tertiary/aromatic N) is 3. The summed E-state index contributed by atoms with van der Waals surface area (Å²) in [5.41, 5.74) is 1.24. The minimum Gasteiger partial charge on any atom is -0.274 e. The number of carbonyl (C=O) groups is 2. The molecule has 0 bridgehead atoms. The lowest BCUT2D eigenvalue weighted by molar-refractivity contribution is -0.126. The van der Waals surface area contributed by atoms with E-state index in [0.29, 0.717) is 5.02 Å². The van der Waals surface area contributed by atoms with Crippen molar-refractivity contribution in [1.29, 1.82) is 0 Å². The van der Waals surface area contributed by atoms with Gasteiger partial charge < -0.3 is 0 Å². The number of benzene rings is 2. The van der Waals surface area contributed by atoms with E-state index < -0.39 is 12.0 Å². The number of hydrogen-bond acceptors (Lipinski definition) is 4. The van der Waals surface area contributed by atoms with Crippen LogP contribution in [0.25, 0.3) is 0 Å². The molecule has 2 aromatic carbocycles. The molecule has 0 spiro atoms. The minimum atomic E-state index is -0.539. The van der Waals surface area contributed by atoms with Crippen LogP contribution in [-0.2, 0) is 9.59 Å². The van der Waals surface area contributed by atoms with Gasteiger partial charge in [-0.15, -0.1) is 0 Å². The van der Waals surface area contributed by atoms with Gasteiger partial charge in [-0.3, -0.25) is 9.59 Å². The van der Waals surface area contributed by atoms with Crippen LogP contribution in [-0.4, -0.2) is 41.0 Å². The van der Waals surface area contributed by atoms with Gasteiger partial charge in [0.1, 0.15) is 6.04 Å². The standard InChI is InChI=1S/C20H16Cl3N3O2/c21-12-7-5-11(6-8-12)16-15-18(25-10-2-9-24(16)25)20(28)26(19(15)27)17-13(22)3-1-4-14(17)23/h1,3-8,15-16,18H,2,9-10H2/t15-,16+,18+/m1/s1. The molecule has 2 amide bonds. The summed E-state index contributed by atoms with van der Waals surface area (Å²) in [6.45, 7) is 1.56. The third-order valence-electron chi connectivity index (χ3n) is 5.78. The number of hydrazine groups is 1. The number of carbonyl (C=O) groups excluding carboxylic acids is 2. The Morgan fingerprint density at radius 2 is 1.39 bits per heavy atom. The second-order valence-electron chi connectivity index (χ2n) is 7.23. The SMILES string of the molecule is O=C1[C@H]2[C@@H](C(=O)N1c1c(Cl)cccc1Cl)N1CCCN1[C@H]2c1ccc(Cl)cc1. The second-order valence-corrected chi connectivity index (χ2v) is 8.48. The number of halogens is 3. The average molecular weight is 437 g/mol. The lowest BCUT2D eigenvalue weighted by Gasteiger charge is -2.30. The molecule has 3 saturated heterocycles. The van der Waals surface area contributed by atoms with Crippen molar-refractivity contribution in [2.75, 3.05) is 18.0 Å². The van der Waals surface area contributed by atoms with E-state index in [1.54, 1.807) is 18.2 Å². The Morgan fingerprint density at radius 1 is 0.786 bits per heavy atom. The van der Waals surface area contributed by atoms with Gasteiger partial charge in [-0.2, -0.15) is 0 Å². The van der Waals surface area contributed by atoms with Gasteiger partial charge in [0.05, 0.1) is 27.7 Å². The quantitative estimate of drug-likeness (QED) is 0.663. The van der Waals surface area contributed by atoms with Crippen molar-refractivity contribution in [3.63, 3.8) is 0 Å². The molecule has 2 aromatic rings. The summed E-state index contributed by atoms with van der Waals surface area (Å²) >= 11 is 18.7. The molecule has 0 unspecified atom stereocenters. The molecule has 0 saturated carbocycles. The number of amides is 2. The summed E-state index contributed by atoms with van der Waals surface area (Å²) in [7, 11) is 0. The van der Waals surface area contributed by atoms with Crippen LogP contribution in [0.15, 0.2) is 42.5 Å². The fraction of sp³-hybridized carbons (Fsp3) is 0.300. The molecule has 8 heteroatoms. The first-order valence-electron chi connectivity index (χ1n) is 9.09. The van der Waals surface area contributed by atoms with Gasteiger partial charge in [-0.05, 0) is 36.2 Å². The fourth-order valence-electron chi connectivity index (χ4n) is 4.70. The van der Waals surface area contributed by atoms with Crippen LogP contribution in [0, 0.1) is 5.92 Å². The van der Waals surface area contributed by atoms with E-state index in [-0.39, 0.29) is 33.6 Å². The van der Waals surface area contributed by atoms with Crippen LogP contribution in [0.3, 0.4) is 0 Å². The molecule has 3 aliphatic rings. The van der Waals surface area contributed by atoms with Crippen molar-refractivity contribution in [1.82, 2.24) is 10.0 Å². The predicted octanol–water partition coefficient (Wildman–Crippen LogP) is 4.18. The van der Waals surface area contributed by atoms with E-state index >= 15 is 0 Å². The van der Waals surface area contributed by atoms with Gasteiger partial charge in [0, 0.05) is 18.1 Å². The molecule has 144 valence electrons. The number of rotatable bonds is 2. The first kappa shape index (κ1) is 18.4.